The maximum Gasteiger partial charge on any atom is 0.433 e. The fraction of sp³-hybridized carbons (Fsp3) is 0.444. The van der Waals surface area contributed by atoms with Gasteiger partial charge < -0.3 is 5.32 Å². The van der Waals surface area contributed by atoms with E-state index in [2.05, 4.69) is 10.3 Å². The first-order valence-corrected chi connectivity index (χ1v) is 4.33. The lowest BCUT2D eigenvalue weighted by Crippen LogP contribution is -2.24. The third-order valence-corrected chi connectivity index (χ3v) is 2.26. The molecular weight excluding hydrogens is 229 g/mol. The molecule has 0 saturated heterocycles. The second-order valence-electron chi connectivity index (χ2n) is 3.26. The summed E-state index contributed by atoms with van der Waals surface area (Å²) < 4.78 is 36.8. The van der Waals surface area contributed by atoms with Crippen LogP contribution < -0.4 is 5.32 Å². The lowest BCUT2D eigenvalue weighted by Gasteiger charge is -2.17. The van der Waals surface area contributed by atoms with Crippen molar-refractivity contribution in [1.29, 1.82) is 0 Å². The zero-order valence-corrected chi connectivity index (χ0v) is 8.58. The molecule has 2 heterocycles. The number of hydrogen-bond donors (Lipinski definition) is 1. The third kappa shape index (κ3) is 2.60. The van der Waals surface area contributed by atoms with Gasteiger partial charge in [-0.2, -0.15) is 13.2 Å². The van der Waals surface area contributed by atoms with E-state index in [9.17, 15) is 13.2 Å². The number of halogens is 4. The highest BCUT2D eigenvalue weighted by Gasteiger charge is 2.33. The van der Waals surface area contributed by atoms with Gasteiger partial charge in [-0.3, -0.25) is 4.98 Å². The highest BCUT2D eigenvalue weighted by Crippen LogP contribution is 2.29. The minimum absolute atomic E-state index is 0. The fourth-order valence-corrected chi connectivity index (χ4v) is 1.52. The van der Waals surface area contributed by atoms with E-state index in [1.54, 1.807) is 0 Å². The molecule has 1 aliphatic heterocycles. The van der Waals surface area contributed by atoms with E-state index in [4.69, 9.17) is 0 Å². The number of rotatable bonds is 0. The molecular formula is C9H10ClF3N2. The molecule has 0 fully saturated rings. The molecule has 0 radical (unpaired) electrons. The summed E-state index contributed by atoms with van der Waals surface area (Å²) in [6.45, 7) is 1.31. The molecule has 1 aromatic rings. The molecule has 0 aliphatic carbocycles. The molecule has 15 heavy (non-hydrogen) atoms. The Labute approximate surface area is 91.3 Å². The Bertz CT molecular complexity index is 352. The van der Waals surface area contributed by atoms with E-state index in [-0.39, 0.29) is 12.4 Å². The van der Waals surface area contributed by atoms with Crippen LogP contribution in [0.5, 0.6) is 0 Å². The molecule has 0 spiro atoms. The summed E-state index contributed by atoms with van der Waals surface area (Å²) in [5.41, 5.74) is 0.815. The van der Waals surface area contributed by atoms with Gasteiger partial charge in [0.2, 0.25) is 0 Å². The minimum atomic E-state index is -4.34. The first-order chi connectivity index (χ1) is 6.57. The van der Waals surface area contributed by atoms with E-state index < -0.39 is 11.9 Å². The largest absolute Gasteiger partial charge is 0.433 e. The van der Waals surface area contributed by atoms with E-state index in [0.29, 0.717) is 12.1 Å². The highest BCUT2D eigenvalue weighted by atomic mass is 35.5. The smallest absolute Gasteiger partial charge is 0.312 e. The predicted molar refractivity (Wildman–Crippen MR) is 51.9 cm³/mol. The average Bonchev–Trinajstić information content (AvgIpc) is 2.16. The number of nitrogens with zero attached hydrogens (tertiary/aromatic N) is 1. The van der Waals surface area contributed by atoms with Crippen LogP contribution in [0.3, 0.4) is 0 Å². The van der Waals surface area contributed by atoms with E-state index in [0.717, 1.165) is 24.6 Å². The van der Waals surface area contributed by atoms with Crippen molar-refractivity contribution in [3.63, 3.8) is 0 Å². The van der Waals surface area contributed by atoms with Gasteiger partial charge in [-0.05, 0) is 30.2 Å². The van der Waals surface area contributed by atoms with Crippen LogP contribution in [-0.2, 0) is 19.1 Å². The van der Waals surface area contributed by atoms with Gasteiger partial charge in [0, 0.05) is 12.7 Å². The van der Waals surface area contributed by atoms with E-state index >= 15 is 0 Å². The van der Waals surface area contributed by atoms with Crippen molar-refractivity contribution in [3.05, 3.63) is 29.1 Å². The van der Waals surface area contributed by atoms with Crippen LogP contribution in [0, 0.1) is 0 Å². The SMILES string of the molecule is Cl.FC(F)(F)c1cc2c(cn1)CCNC2. The second-order valence-corrected chi connectivity index (χ2v) is 3.26. The average molecular weight is 239 g/mol. The lowest BCUT2D eigenvalue weighted by atomic mass is 10.0. The minimum Gasteiger partial charge on any atom is -0.312 e. The number of aromatic nitrogens is 1. The molecule has 1 N–H and O–H groups in total. The molecule has 0 aromatic carbocycles. The molecule has 84 valence electrons. The van der Waals surface area contributed by atoms with Gasteiger partial charge in [-0.15, -0.1) is 12.4 Å². The zero-order valence-electron chi connectivity index (χ0n) is 7.77. The Kier molecular flexibility index (Phi) is 3.57. The Morgan fingerprint density at radius 3 is 2.67 bits per heavy atom. The molecule has 0 amide bonds. The first-order valence-electron chi connectivity index (χ1n) is 4.33. The van der Waals surface area contributed by atoms with Gasteiger partial charge in [0.25, 0.3) is 0 Å². The van der Waals surface area contributed by atoms with Crippen molar-refractivity contribution in [1.82, 2.24) is 10.3 Å². The number of fused-ring (bicyclic) bond motifs is 1. The number of nitrogens with one attached hydrogen (secondary N) is 1. The van der Waals surface area contributed by atoms with Gasteiger partial charge in [0.05, 0.1) is 0 Å². The Hall–Kier alpha value is -0.810. The molecule has 1 aliphatic rings. The molecule has 6 heteroatoms. The highest BCUT2D eigenvalue weighted by molar-refractivity contribution is 5.85. The Balaban J connectivity index is 0.00000112. The van der Waals surface area contributed by atoms with Crippen molar-refractivity contribution >= 4 is 12.4 Å². The first kappa shape index (κ1) is 12.3. The molecule has 1 aromatic heterocycles. The van der Waals surface area contributed by atoms with E-state index in [1.165, 1.54) is 6.20 Å². The molecule has 2 rings (SSSR count). The van der Waals surface area contributed by atoms with Crippen LogP contribution in [0.25, 0.3) is 0 Å². The number of hydrogen-bond acceptors (Lipinski definition) is 2. The van der Waals surface area contributed by atoms with Gasteiger partial charge in [0.1, 0.15) is 5.69 Å². The predicted octanol–water partition coefficient (Wildman–Crippen LogP) is 2.17. The second kappa shape index (κ2) is 4.37. The quantitative estimate of drug-likeness (QED) is 0.749. The molecule has 0 atom stereocenters. The van der Waals surface area contributed by atoms with Crippen molar-refractivity contribution < 1.29 is 13.2 Å². The summed E-state index contributed by atoms with van der Waals surface area (Å²) in [5, 5.41) is 3.02. The van der Waals surface area contributed by atoms with Gasteiger partial charge in [-0.25, -0.2) is 0 Å². The Morgan fingerprint density at radius 1 is 1.27 bits per heavy atom. The molecule has 0 unspecified atom stereocenters. The summed E-state index contributed by atoms with van der Waals surface area (Å²) >= 11 is 0. The topological polar surface area (TPSA) is 24.9 Å². The summed E-state index contributed by atoms with van der Waals surface area (Å²) in [7, 11) is 0. The number of alkyl halides is 3. The Morgan fingerprint density at radius 2 is 2.00 bits per heavy atom. The van der Waals surface area contributed by atoms with Crippen LogP contribution in [0.15, 0.2) is 12.3 Å². The van der Waals surface area contributed by atoms with Crippen LogP contribution in [0.4, 0.5) is 13.2 Å². The van der Waals surface area contributed by atoms with Crippen molar-refractivity contribution in [2.75, 3.05) is 6.54 Å². The van der Waals surface area contributed by atoms with Gasteiger partial charge in [-0.1, -0.05) is 0 Å². The van der Waals surface area contributed by atoms with Crippen LogP contribution in [-0.4, -0.2) is 11.5 Å². The van der Waals surface area contributed by atoms with Gasteiger partial charge >= 0.3 is 6.18 Å². The van der Waals surface area contributed by atoms with Crippen molar-refractivity contribution in [2.45, 2.75) is 19.1 Å². The van der Waals surface area contributed by atoms with Crippen molar-refractivity contribution in [2.24, 2.45) is 0 Å². The normalized spacial score (nSPS) is 15.4. The standard InChI is InChI=1S/C9H9F3N2.ClH/c10-9(11,12)8-3-7-4-13-2-1-6(7)5-14-8;/h3,5,13H,1-2,4H2;1H. The molecule has 2 nitrogen and oxygen atoms in total. The fourth-order valence-electron chi connectivity index (χ4n) is 1.52. The van der Waals surface area contributed by atoms with Crippen LogP contribution >= 0.6 is 12.4 Å². The lowest BCUT2D eigenvalue weighted by molar-refractivity contribution is -0.141. The molecule has 0 bridgehead atoms. The summed E-state index contributed by atoms with van der Waals surface area (Å²) in [5.74, 6) is 0. The van der Waals surface area contributed by atoms with Crippen LogP contribution in [0.2, 0.25) is 0 Å². The van der Waals surface area contributed by atoms with Gasteiger partial charge in [0.15, 0.2) is 0 Å². The van der Waals surface area contributed by atoms with Crippen molar-refractivity contribution in [3.8, 4) is 0 Å². The monoisotopic (exact) mass is 238 g/mol. The third-order valence-electron chi connectivity index (χ3n) is 2.26. The maximum atomic E-state index is 12.3. The zero-order chi connectivity index (χ0) is 10.2. The van der Waals surface area contributed by atoms with E-state index in [1.807, 2.05) is 0 Å². The summed E-state index contributed by atoms with van der Waals surface area (Å²) in [6.07, 6.45) is -2.26. The maximum absolute atomic E-state index is 12.3. The molecule has 0 saturated carbocycles. The van der Waals surface area contributed by atoms with Crippen LogP contribution in [0.1, 0.15) is 16.8 Å². The summed E-state index contributed by atoms with van der Waals surface area (Å²) in [6, 6.07) is 1.13. The summed E-state index contributed by atoms with van der Waals surface area (Å²) in [4.78, 5) is 3.41. The number of pyridine rings is 1.